The van der Waals surface area contributed by atoms with Crippen LogP contribution in [0.4, 0.5) is 0 Å². The lowest BCUT2D eigenvalue weighted by molar-refractivity contribution is -0.130. The number of hydrogen-bond donors (Lipinski definition) is 0. The molecule has 3 amide bonds. The van der Waals surface area contributed by atoms with Crippen LogP contribution >= 0.6 is 0 Å². The first-order valence-corrected chi connectivity index (χ1v) is 9.79. The highest BCUT2D eigenvalue weighted by molar-refractivity contribution is 5.79. The van der Waals surface area contributed by atoms with Crippen molar-refractivity contribution in [2.24, 2.45) is 0 Å². The minimum Gasteiger partial charge on any atom is -0.320 e. The van der Waals surface area contributed by atoms with E-state index in [0.717, 1.165) is 51.7 Å². The molecule has 6 heteroatoms. The molecule has 3 aliphatic heterocycles. The van der Waals surface area contributed by atoms with E-state index >= 15 is 0 Å². The third kappa shape index (κ3) is 8.24. The van der Waals surface area contributed by atoms with E-state index in [2.05, 4.69) is 19.7 Å². The van der Waals surface area contributed by atoms with Crippen molar-refractivity contribution in [1.82, 2.24) is 14.7 Å². The lowest BCUT2D eigenvalue weighted by Crippen LogP contribution is -2.29. The number of likely N-dealkylation sites (tertiary alicyclic amines) is 3. The van der Waals surface area contributed by atoms with Gasteiger partial charge in [0.2, 0.25) is 17.7 Å². The van der Waals surface area contributed by atoms with E-state index in [1.807, 2.05) is 0 Å². The Kier molecular flexibility index (Phi) is 10.8. The van der Waals surface area contributed by atoms with Crippen molar-refractivity contribution in [3.05, 3.63) is 38.3 Å². The SMILES string of the molecule is C=CN1CCCC1=O.C=CN1CCCCC1=O.C=CN1CCCCCC1=O. The molecule has 0 radical (unpaired) electrons. The predicted molar refractivity (Wildman–Crippen MR) is 107 cm³/mol. The van der Waals surface area contributed by atoms with Gasteiger partial charge >= 0.3 is 0 Å². The zero-order valence-corrected chi connectivity index (χ0v) is 16.4. The molecule has 3 heterocycles. The van der Waals surface area contributed by atoms with E-state index in [4.69, 9.17) is 0 Å². The van der Waals surface area contributed by atoms with Gasteiger partial charge in [-0.3, -0.25) is 14.4 Å². The van der Waals surface area contributed by atoms with Crippen LogP contribution in [0, 0.1) is 0 Å². The molecule has 0 aromatic rings. The lowest BCUT2D eigenvalue weighted by atomic mass is 10.1. The summed E-state index contributed by atoms with van der Waals surface area (Å²) in [5.41, 5.74) is 0. The largest absolute Gasteiger partial charge is 0.320 e. The molecule has 0 bridgehead atoms. The first-order chi connectivity index (χ1) is 13.0. The van der Waals surface area contributed by atoms with Crippen LogP contribution in [0.25, 0.3) is 0 Å². The zero-order valence-electron chi connectivity index (χ0n) is 16.4. The van der Waals surface area contributed by atoms with Gasteiger partial charge < -0.3 is 14.7 Å². The summed E-state index contributed by atoms with van der Waals surface area (Å²) in [6.45, 7) is 13.2. The Balaban J connectivity index is 0.000000204. The number of amides is 3. The molecule has 6 nitrogen and oxygen atoms in total. The van der Waals surface area contributed by atoms with Crippen molar-refractivity contribution >= 4 is 17.7 Å². The van der Waals surface area contributed by atoms with E-state index in [0.29, 0.717) is 19.3 Å². The Morgan fingerprint density at radius 3 is 1.22 bits per heavy atom. The average molecular weight is 376 g/mol. The summed E-state index contributed by atoms with van der Waals surface area (Å²) in [5, 5.41) is 0. The number of carbonyl (C=O) groups excluding carboxylic acids is 3. The minimum atomic E-state index is 0.208. The Hall–Kier alpha value is -2.37. The van der Waals surface area contributed by atoms with Crippen LogP contribution in [0.15, 0.2) is 38.3 Å². The Bertz CT molecular complexity index is 545. The van der Waals surface area contributed by atoms with Crippen LogP contribution < -0.4 is 0 Å². The minimum absolute atomic E-state index is 0.208. The third-order valence-electron chi connectivity index (χ3n) is 4.74. The van der Waals surface area contributed by atoms with Crippen LogP contribution in [0.3, 0.4) is 0 Å². The third-order valence-corrected chi connectivity index (χ3v) is 4.74. The van der Waals surface area contributed by atoms with Crippen LogP contribution in [-0.2, 0) is 14.4 Å². The van der Waals surface area contributed by atoms with Crippen molar-refractivity contribution in [2.45, 2.75) is 57.8 Å². The highest BCUT2D eigenvalue weighted by atomic mass is 16.2. The first-order valence-electron chi connectivity index (χ1n) is 9.79. The molecule has 3 aliphatic rings. The monoisotopic (exact) mass is 375 g/mol. The molecule has 3 fully saturated rings. The average Bonchev–Trinajstić information content (AvgIpc) is 2.99. The molecule has 0 aliphatic carbocycles. The number of rotatable bonds is 3. The van der Waals surface area contributed by atoms with Gasteiger partial charge in [-0.2, -0.15) is 0 Å². The summed E-state index contributed by atoms with van der Waals surface area (Å²) >= 11 is 0. The number of carbonyl (C=O) groups is 3. The second kappa shape index (κ2) is 12.9. The second-order valence-electron chi connectivity index (χ2n) is 6.68. The highest BCUT2D eigenvalue weighted by Gasteiger charge is 2.16. The Labute approximate surface area is 163 Å². The van der Waals surface area contributed by atoms with E-state index in [1.54, 1.807) is 33.3 Å². The van der Waals surface area contributed by atoms with Crippen LogP contribution in [-0.4, -0.2) is 52.1 Å². The van der Waals surface area contributed by atoms with E-state index in [9.17, 15) is 14.4 Å². The smallest absolute Gasteiger partial charge is 0.226 e. The number of hydrogen-bond acceptors (Lipinski definition) is 3. The van der Waals surface area contributed by atoms with Gasteiger partial charge in [-0.1, -0.05) is 26.2 Å². The fourth-order valence-electron chi connectivity index (χ4n) is 3.08. The van der Waals surface area contributed by atoms with Crippen molar-refractivity contribution in [3.63, 3.8) is 0 Å². The first kappa shape index (κ1) is 22.7. The van der Waals surface area contributed by atoms with Crippen molar-refractivity contribution in [1.29, 1.82) is 0 Å². The van der Waals surface area contributed by atoms with Crippen LogP contribution in [0.5, 0.6) is 0 Å². The maximum absolute atomic E-state index is 11.1. The molecular weight excluding hydrogens is 342 g/mol. The predicted octanol–water partition coefficient (Wildman–Crippen LogP) is 3.43. The molecule has 0 unspecified atom stereocenters. The summed E-state index contributed by atoms with van der Waals surface area (Å²) in [6.07, 6.45) is 13.4. The second-order valence-corrected chi connectivity index (χ2v) is 6.68. The number of piperidine rings is 1. The maximum atomic E-state index is 11.1. The molecule has 0 atom stereocenters. The van der Waals surface area contributed by atoms with E-state index in [-0.39, 0.29) is 17.7 Å². The molecule has 0 saturated carbocycles. The van der Waals surface area contributed by atoms with Gasteiger partial charge in [-0.15, -0.1) is 0 Å². The molecule has 0 spiro atoms. The standard InChI is InChI=1S/C8H13NO.C7H11NO.C6H9NO/c1-2-9-7-5-3-4-6-8(9)10;1-2-8-6-4-3-5-7(8)9;1-2-7-5-3-4-6(7)8/h2H,1,3-7H2;2H,1,3-6H2;2H,1,3-5H2. The van der Waals surface area contributed by atoms with Gasteiger partial charge in [0.1, 0.15) is 0 Å². The summed E-state index contributed by atoms with van der Waals surface area (Å²) in [6, 6.07) is 0. The molecular formula is C21H33N3O3. The highest BCUT2D eigenvalue weighted by Crippen LogP contribution is 2.11. The molecule has 0 aromatic heterocycles. The van der Waals surface area contributed by atoms with Gasteiger partial charge in [0.15, 0.2) is 0 Å². The summed E-state index contributed by atoms with van der Waals surface area (Å²) in [5.74, 6) is 0.656. The maximum Gasteiger partial charge on any atom is 0.226 e. The Morgan fingerprint density at radius 1 is 0.519 bits per heavy atom. The molecule has 3 saturated heterocycles. The van der Waals surface area contributed by atoms with Gasteiger partial charge in [0.05, 0.1) is 0 Å². The zero-order chi connectivity index (χ0) is 20.1. The number of nitrogens with zero attached hydrogens (tertiary/aromatic N) is 3. The van der Waals surface area contributed by atoms with Crippen LogP contribution in [0.2, 0.25) is 0 Å². The van der Waals surface area contributed by atoms with Crippen LogP contribution in [0.1, 0.15) is 57.8 Å². The van der Waals surface area contributed by atoms with E-state index in [1.165, 1.54) is 6.42 Å². The summed E-state index contributed by atoms with van der Waals surface area (Å²) in [7, 11) is 0. The normalized spacial score (nSPS) is 20.0. The van der Waals surface area contributed by atoms with Gasteiger partial charge in [-0.25, -0.2) is 0 Å². The molecule has 150 valence electrons. The van der Waals surface area contributed by atoms with Crippen molar-refractivity contribution in [3.8, 4) is 0 Å². The van der Waals surface area contributed by atoms with Gasteiger partial charge in [0, 0.05) is 38.9 Å². The summed E-state index contributed by atoms with van der Waals surface area (Å²) < 4.78 is 0. The van der Waals surface area contributed by atoms with Gasteiger partial charge in [-0.05, 0) is 50.7 Å². The van der Waals surface area contributed by atoms with Gasteiger partial charge in [0.25, 0.3) is 0 Å². The summed E-state index contributed by atoms with van der Waals surface area (Å²) in [4.78, 5) is 37.7. The molecule has 0 N–H and O–H groups in total. The topological polar surface area (TPSA) is 60.9 Å². The van der Waals surface area contributed by atoms with Crippen molar-refractivity contribution < 1.29 is 14.4 Å². The molecule has 27 heavy (non-hydrogen) atoms. The molecule has 0 aromatic carbocycles. The fraction of sp³-hybridized carbons (Fsp3) is 0.571. The fourth-order valence-corrected chi connectivity index (χ4v) is 3.08. The van der Waals surface area contributed by atoms with E-state index < -0.39 is 0 Å². The quantitative estimate of drug-likeness (QED) is 0.759. The van der Waals surface area contributed by atoms with Crippen molar-refractivity contribution in [2.75, 3.05) is 19.6 Å². The lowest BCUT2D eigenvalue weighted by Gasteiger charge is -2.21. The molecule has 3 rings (SSSR count). The Morgan fingerprint density at radius 2 is 0.852 bits per heavy atom.